The van der Waals surface area contributed by atoms with E-state index in [1.807, 2.05) is 0 Å². The molecule has 0 aromatic heterocycles. The van der Waals surface area contributed by atoms with Gasteiger partial charge in [0.05, 0.1) is 10.0 Å². The second kappa shape index (κ2) is 5.89. The van der Waals surface area contributed by atoms with E-state index in [4.69, 9.17) is 28.3 Å². The Morgan fingerprint density at radius 2 is 2.25 bits per heavy atom. The Morgan fingerprint density at radius 3 is 2.81 bits per heavy atom. The predicted molar refractivity (Wildman–Crippen MR) is 65.0 cm³/mol. The molecule has 1 aromatic carbocycles. The Hall–Kier alpha value is -1.03. The highest BCUT2D eigenvalue weighted by molar-refractivity contribution is 6.42. The van der Waals surface area contributed by atoms with Gasteiger partial charge in [0.2, 0.25) is 0 Å². The lowest BCUT2D eigenvalue weighted by atomic mass is 10.1. The molecule has 0 aliphatic heterocycles. The fraction of sp³-hybridized carbons (Fsp3) is 0.182. The van der Waals surface area contributed by atoms with Gasteiger partial charge in [-0.2, -0.15) is 0 Å². The molecular formula is C11H11Cl2NO2. The van der Waals surface area contributed by atoms with E-state index in [0.29, 0.717) is 17.1 Å². The van der Waals surface area contributed by atoms with Crippen LogP contribution in [-0.4, -0.2) is 17.6 Å². The van der Waals surface area contributed by atoms with Crippen LogP contribution in [0.5, 0.6) is 0 Å². The first-order valence-electron chi connectivity index (χ1n) is 4.59. The van der Waals surface area contributed by atoms with E-state index in [1.54, 1.807) is 24.3 Å². The molecule has 0 aliphatic rings. The van der Waals surface area contributed by atoms with Crippen LogP contribution in [0, 0.1) is 0 Å². The topological polar surface area (TPSA) is 49.3 Å². The smallest absolute Gasteiger partial charge is 0.325 e. The van der Waals surface area contributed by atoms with Crippen LogP contribution in [0.1, 0.15) is 11.6 Å². The molecule has 86 valence electrons. The Balaban J connectivity index is 3.05. The number of aliphatic carboxylic acids is 1. The van der Waals surface area contributed by atoms with Gasteiger partial charge < -0.3 is 5.11 Å². The first-order valence-corrected chi connectivity index (χ1v) is 5.34. The molecule has 2 N–H and O–H groups in total. The zero-order chi connectivity index (χ0) is 12.1. The number of rotatable bonds is 5. The van der Waals surface area contributed by atoms with Crippen molar-refractivity contribution in [3.8, 4) is 0 Å². The maximum Gasteiger partial charge on any atom is 0.325 e. The van der Waals surface area contributed by atoms with Gasteiger partial charge in [-0.25, -0.2) is 0 Å². The van der Waals surface area contributed by atoms with Crippen LogP contribution in [0.25, 0.3) is 0 Å². The van der Waals surface area contributed by atoms with E-state index in [-0.39, 0.29) is 5.02 Å². The van der Waals surface area contributed by atoms with Crippen molar-refractivity contribution in [2.24, 2.45) is 0 Å². The summed E-state index contributed by atoms with van der Waals surface area (Å²) in [6.45, 7) is 3.89. The van der Waals surface area contributed by atoms with Crippen LogP contribution in [-0.2, 0) is 4.79 Å². The van der Waals surface area contributed by atoms with Crippen molar-refractivity contribution in [1.29, 1.82) is 0 Å². The largest absolute Gasteiger partial charge is 0.480 e. The molecule has 3 nitrogen and oxygen atoms in total. The average molecular weight is 260 g/mol. The van der Waals surface area contributed by atoms with Gasteiger partial charge in [0, 0.05) is 12.1 Å². The zero-order valence-corrected chi connectivity index (χ0v) is 9.92. The third-order valence-electron chi connectivity index (χ3n) is 2.01. The van der Waals surface area contributed by atoms with Gasteiger partial charge >= 0.3 is 5.97 Å². The number of benzene rings is 1. The standard InChI is InChI=1S/C11H11Cl2NO2/c1-2-6-14-10(11(15)16)7-4-3-5-8(12)9(7)13/h2-5,10,14H,1,6H2,(H,15,16). The molecule has 0 bridgehead atoms. The summed E-state index contributed by atoms with van der Waals surface area (Å²) in [4.78, 5) is 11.1. The second-order valence-corrected chi connectivity index (χ2v) is 3.90. The van der Waals surface area contributed by atoms with Crippen molar-refractivity contribution in [3.05, 3.63) is 46.5 Å². The summed E-state index contributed by atoms with van der Waals surface area (Å²) in [6.07, 6.45) is 1.58. The lowest BCUT2D eigenvalue weighted by Gasteiger charge is -2.15. The molecule has 0 saturated carbocycles. The Bertz CT molecular complexity index is 407. The molecule has 0 heterocycles. The Morgan fingerprint density at radius 1 is 1.56 bits per heavy atom. The molecule has 0 aliphatic carbocycles. The van der Waals surface area contributed by atoms with Gasteiger partial charge in [-0.05, 0) is 6.07 Å². The Kier molecular flexibility index (Phi) is 4.80. The monoisotopic (exact) mass is 259 g/mol. The maximum absolute atomic E-state index is 11.1. The van der Waals surface area contributed by atoms with Gasteiger partial charge in [-0.15, -0.1) is 6.58 Å². The third kappa shape index (κ3) is 2.98. The molecule has 16 heavy (non-hydrogen) atoms. The van der Waals surface area contributed by atoms with Gasteiger partial charge in [-0.1, -0.05) is 41.4 Å². The minimum atomic E-state index is -1.01. The SMILES string of the molecule is C=CCNC(C(=O)O)c1cccc(Cl)c1Cl. The lowest BCUT2D eigenvalue weighted by molar-refractivity contribution is -0.139. The van der Waals surface area contributed by atoms with E-state index in [0.717, 1.165) is 0 Å². The summed E-state index contributed by atoms with van der Waals surface area (Å²) in [6, 6.07) is 4.02. The number of nitrogens with one attached hydrogen (secondary N) is 1. The van der Waals surface area contributed by atoms with Crippen LogP contribution >= 0.6 is 23.2 Å². The van der Waals surface area contributed by atoms with E-state index >= 15 is 0 Å². The minimum absolute atomic E-state index is 0.258. The number of carboxylic acids is 1. The fourth-order valence-electron chi connectivity index (χ4n) is 1.27. The van der Waals surface area contributed by atoms with E-state index in [1.165, 1.54) is 0 Å². The average Bonchev–Trinajstić information content (AvgIpc) is 2.24. The molecule has 0 spiro atoms. The van der Waals surface area contributed by atoms with Crippen molar-refractivity contribution in [3.63, 3.8) is 0 Å². The van der Waals surface area contributed by atoms with Crippen molar-refractivity contribution in [2.45, 2.75) is 6.04 Å². The highest BCUT2D eigenvalue weighted by atomic mass is 35.5. The molecule has 5 heteroatoms. The van der Waals surface area contributed by atoms with Gasteiger partial charge in [0.15, 0.2) is 0 Å². The van der Waals surface area contributed by atoms with Crippen LogP contribution in [0.3, 0.4) is 0 Å². The van der Waals surface area contributed by atoms with E-state index in [9.17, 15) is 4.79 Å². The van der Waals surface area contributed by atoms with Gasteiger partial charge in [0.25, 0.3) is 0 Å². The number of hydrogen-bond donors (Lipinski definition) is 2. The van der Waals surface area contributed by atoms with Crippen LogP contribution in [0.2, 0.25) is 10.0 Å². The summed E-state index contributed by atoms with van der Waals surface area (Å²) in [5.41, 5.74) is 0.448. The number of carboxylic acid groups (broad SMARTS) is 1. The lowest BCUT2D eigenvalue weighted by Crippen LogP contribution is -2.28. The number of carbonyl (C=O) groups is 1. The summed E-state index contributed by atoms with van der Waals surface area (Å²) < 4.78 is 0. The highest BCUT2D eigenvalue weighted by Crippen LogP contribution is 2.29. The third-order valence-corrected chi connectivity index (χ3v) is 2.84. The zero-order valence-electron chi connectivity index (χ0n) is 8.41. The first kappa shape index (κ1) is 13.0. The molecular weight excluding hydrogens is 249 g/mol. The summed E-state index contributed by atoms with van der Waals surface area (Å²) in [7, 11) is 0. The molecule has 0 amide bonds. The quantitative estimate of drug-likeness (QED) is 0.800. The summed E-state index contributed by atoms with van der Waals surface area (Å²) in [5.74, 6) is -1.01. The van der Waals surface area contributed by atoms with Gasteiger partial charge in [0.1, 0.15) is 6.04 Å². The maximum atomic E-state index is 11.1. The second-order valence-electron chi connectivity index (χ2n) is 3.11. The number of hydrogen-bond acceptors (Lipinski definition) is 2. The van der Waals surface area contributed by atoms with E-state index in [2.05, 4.69) is 11.9 Å². The van der Waals surface area contributed by atoms with Crippen molar-refractivity contribution in [2.75, 3.05) is 6.54 Å². The summed E-state index contributed by atoms with van der Waals surface area (Å²) >= 11 is 11.8. The predicted octanol–water partition coefficient (Wildman–Crippen LogP) is 2.89. The molecule has 0 fully saturated rings. The molecule has 1 atom stereocenters. The molecule has 0 saturated heterocycles. The van der Waals surface area contributed by atoms with Crippen LogP contribution < -0.4 is 5.32 Å². The fourth-order valence-corrected chi connectivity index (χ4v) is 1.69. The first-order chi connectivity index (χ1) is 7.57. The van der Waals surface area contributed by atoms with Crippen molar-refractivity contribution < 1.29 is 9.90 Å². The molecule has 1 rings (SSSR count). The molecule has 1 aromatic rings. The minimum Gasteiger partial charge on any atom is -0.480 e. The Labute approximate surface area is 104 Å². The van der Waals surface area contributed by atoms with E-state index < -0.39 is 12.0 Å². The molecule has 0 radical (unpaired) electrons. The molecule has 1 unspecified atom stereocenters. The highest BCUT2D eigenvalue weighted by Gasteiger charge is 2.22. The number of halogens is 2. The summed E-state index contributed by atoms with van der Waals surface area (Å²) in [5, 5.41) is 12.5. The van der Waals surface area contributed by atoms with Gasteiger partial charge in [-0.3, -0.25) is 10.1 Å². The van der Waals surface area contributed by atoms with Crippen molar-refractivity contribution in [1.82, 2.24) is 5.32 Å². The normalized spacial score (nSPS) is 12.1. The van der Waals surface area contributed by atoms with Crippen LogP contribution in [0.15, 0.2) is 30.9 Å². The van der Waals surface area contributed by atoms with Crippen LogP contribution in [0.4, 0.5) is 0 Å². The van der Waals surface area contributed by atoms with Crippen molar-refractivity contribution >= 4 is 29.2 Å².